The van der Waals surface area contributed by atoms with Crippen LogP contribution in [0.15, 0.2) is 0 Å². The molecule has 0 radical (unpaired) electrons. The van der Waals surface area contributed by atoms with E-state index in [1.807, 2.05) is 0 Å². The minimum Gasteiger partial charge on any atom is -0.359 e. The molecule has 60 valence electrons. The summed E-state index contributed by atoms with van der Waals surface area (Å²) in [4.78, 5) is 10.7. The van der Waals surface area contributed by atoms with E-state index in [-0.39, 0.29) is 5.91 Å². The second kappa shape index (κ2) is 7.06. The van der Waals surface area contributed by atoms with Gasteiger partial charge in [0.05, 0.1) is 0 Å². The quantitative estimate of drug-likeness (QED) is 0.540. The Balaban J connectivity index is 2.96. The number of nitrogens with one attached hydrogen (secondary N) is 1. The third kappa shape index (κ3) is 6.08. The summed E-state index contributed by atoms with van der Waals surface area (Å²) in [6, 6.07) is 0. The van der Waals surface area contributed by atoms with Crippen molar-refractivity contribution in [3.63, 3.8) is 0 Å². The van der Waals surface area contributed by atoms with Crippen molar-refractivity contribution in [2.45, 2.75) is 25.7 Å². The molecule has 0 aliphatic rings. The number of unbranched alkanes of at least 4 members (excludes halogenated alkanes) is 2. The van der Waals surface area contributed by atoms with E-state index in [9.17, 15) is 4.79 Å². The van der Waals surface area contributed by atoms with Crippen LogP contribution in [0, 0.1) is 0 Å². The minimum absolute atomic E-state index is 0.148. The van der Waals surface area contributed by atoms with Gasteiger partial charge in [-0.2, -0.15) is 0 Å². The lowest BCUT2D eigenvalue weighted by molar-refractivity contribution is -0.120. The van der Waals surface area contributed by atoms with E-state index in [1.54, 1.807) is 7.05 Å². The summed E-state index contributed by atoms with van der Waals surface area (Å²) in [7, 11) is 1.67. The van der Waals surface area contributed by atoms with Crippen LogP contribution in [0.2, 0.25) is 0 Å². The molecule has 1 amide bonds. The number of alkyl halides is 1. The number of hydrogen-bond donors (Lipinski definition) is 1. The van der Waals surface area contributed by atoms with Crippen molar-refractivity contribution in [3.05, 3.63) is 0 Å². The van der Waals surface area contributed by atoms with Crippen LogP contribution in [0.4, 0.5) is 0 Å². The maximum absolute atomic E-state index is 10.7. The fourth-order valence-electron chi connectivity index (χ4n) is 0.682. The van der Waals surface area contributed by atoms with Crippen LogP contribution >= 0.6 is 15.9 Å². The first-order valence-electron chi connectivity index (χ1n) is 3.57. The van der Waals surface area contributed by atoms with Gasteiger partial charge in [0.2, 0.25) is 5.91 Å². The molecule has 0 heterocycles. The van der Waals surface area contributed by atoms with E-state index in [0.29, 0.717) is 6.42 Å². The van der Waals surface area contributed by atoms with Gasteiger partial charge in [0.15, 0.2) is 0 Å². The number of carbonyl (C=O) groups is 1. The van der Waals surface area contributed by atoms with E-state index in [2.05, 4.69) is 21.2 Å². The lowest BCUT2D eigenvalue weighted by Gasteiger charge is -1.97. The molecule has 0 saturated carbocycles. The van der Waals surface area contributed by atoms with Gasteiger partial charge in [-0.15, -0.1) is 0 Å². The Morgan fingerprint density at radius 1 is 1.40 bits per heavy atom. The van der Waals surface area contributed by atoms with Gasteiger partial charge in [-0.3, -0.25) is 4.79 Å². The molecule has 0 atom stereocenters. The molecule has 1 N–H and O–H groups in total. The van der Waals surface area contributed by atoms with Crippen LogP contribution < -0.4 is 5.32 Å². The highest BCUT2D eigenvalue weighted by Gasteiger charge is 1.95. The molecule has 0 aromatic heterocycles. The van der Waals surface area contributed by atoms with Gasteiger partial charge in [-0.05, 0) is 12.8 Å². The zero-order valence-electron chi connectivity index (χ0n) is 6.32. The van der Waals surface area contributed by atoms with Crippen LogP contribution in [-0.2, 0) is 4.79 Å². The number of halogens is 1. The number of carbonyl (C=O) groups excluding carboxylic acids is 1. The van der Waals surface area contributed by atoms with Gasteiger partial charge >= 0.3 is 0 Å². The molecule has 10 heavy (non-hydrogen) atoms. The average Bonchev–Trinajstić information content (AvgIpc) is 1.98. The van der Waals surface area contributed by atoms with Crippen LogP contribution in [-0.4, -0.2) is 18.3 Å². The standard InChI is InChI=1S/C7H14BrNO/c1-9-7(10)5-3-2-4-6-8/h2-6H2,1H3,(H,9,10). The van der Waals surface area contributed by atoms with Crippen LogP contribution in [0.25, 0.3) is 0 Å². The molecule has 2 nitrogen and oxygen atoms in total. The van der Waals surface area contributed by atoms with Crippen molar-refractivity contribution in [1.29, 1.82) is 0 Å². The number of amides is 1. The van der Waals surface area contributed by atoms with E-state index >= 15 is 0 Å². The molecule has 0 aliphatic heterocycles. The topological polar surface area (TPSA) is 29.1 Å². The Hall–Kier alpha value is -0.0500. The second-order valence-corrected chi connectivity index (χ2v) is 2.97. The molecule has 0 saturated heterocycles. The molecule has 0 aliphatic carbocycles. The summed E-state index contributed by atoms with van der Waals surface area (Å²) in [5.74, 6) is 0.148. The predicted octanol–water partition coefficient (Wildman–Crippen LogP) is 1.69. The first-order valence-corrected chi connectivity index (χ1v) is 4.70. The predicted molar refractivity (Wildman–Crippen MR) is 46.3 cm³/mol. The smallest absolute Gasteiger partial charge is 0.219 e. The number of hydrogen-bond acceptors (Lipinski definition) is 1. The summed E-state index contributed by atoms with van der Waals surface area (Å²) in [5, 5.41) is 3.63. The summed E-state index contributed by atoms with van der Waals surface area (Å²) in [6.45, 7) is 0. The first-order chi connectivity index (χ1) is 4.81. The van der Waals surface area contributed by atoms with Crippen molar-refractivity contribution in [3.8, 4) is 0 Å². The lowest BCUT2D eigenvalue weighted by atomic mass is 10.2. The van der Waals surface area contributed by atoms with E-state index in [0.717, 1.165) is 24.6 Å². The highest BCUT2D eigenvalue weighted by Crippen LogP contribution is 2.01. The molecular formula is C7H14BrNO. The number of rotatable bonds is 5. The maximum atomic E-state index is 10.7. The first kappa shape index (κ1) is 9.95. The Bertz CT molecular complexity index is 95.6. The van der Waals surface area contributed by atoms with Crippen molar-refractivity contribution in [1.82, 2.24) is 5.32 Å². The monoisotopic (exact) mass is 207 g/mol. The fraction of sp³-hybridized carbons (Fsp3) is 0.857. The van der Waals surface area contributed by atoms with Crippen molar-refractivity contribution in [2.75, 3.05) is 12.4 Å². The third-order valence-corrected chi connectivity index (χ3v) is 1.88. The average molecular weight is 208 g/mol. The second-order valence-electron chi connectivity index (χ2n) is 2.17. The fourth-order valence-corrected chi connectivity index (χ4v) is 1.08. The van der Waals surface area contributed by atoms with Gasteiger partial charge in [-0.1, -0.05) is 22.4 Å². The molecule has 0 spiro atoms. The van der Waals surface area contributed by atoms with E-state index in [1.165, 1.54) is 0 Å². The Morgan fingerprint density at radius 3 is 2.60 bits per heavy atom. The zero-order valence-corrected chi connectivity index (χ0v) is 7.91. The largest absolute Gasteiger partial charge is 0.359 e. The highest BCUT2D eigenvalue weighted by atomic mass is 79.9. The normalized spacial score (nSPS) is 9.40. The molecule has 0 fully saturated rings. The highest BCUT2D eigenvalue weighted by molar-refractivity contribution is 9.09. The van der Waals surface area contributed by atoms with Crippen LogP contribution in [0.1, 0.15) is 25.7 Å². The van der Waals surface area contributed by atoms with Crippen molar-refractivity contribution >= 4 is 21.8 Å². The summed E-state index contributed by atoms with van der Waals surface area (Å²) in [6.07, 6.45) is 3.98. The molecule has 0 unspecified atom stereocenters. The van der Waals surface area contributed by atoms with Gasteiger partial charge in [0.25, 0.3) is 0 Å². The molecular weight excluding hydrogens is 194 g/mol. The molecule has 0 bridgehead atoms. The third-order valence-electron chi connectivity index (χ3n) is 1.32. The van der Waals surface area contributed by atoms with E-state index in [4.69, 9.17) is 0 Å². The molecule has 3 heteroatoms. The van der Waals surface area contributed by atoms with Gasteiger partial charge in [-0.25, -0.2) is 0 Å². The minimum atomic E-state index is 0.148. The Morgan fingerprint density at radius 2 is 2.10 bits per heavy atom. The van der Waals surface area contributed by atoms with Crippen LogP contribution in [0.5, 0.6) is 0 Å². The van der Waals surface area contributed by atoms with Crippen molar-refractivity contribution in [2.24, 2.45) is 0 Å². The molecule has 0 rings (SSSR count). The van der Waals surface area contributed by atoms with E-state index < -0.39 is 0 Å². The summed E-state index contributed by atoms with van der Waals surface area (Å²) >= 11 is 3.33. The molecule has 0 aromatic rings. The summed E-state index contributed by atoms with van der Waals surface area (Å²) in [5.41, 5.74) is 0. The van der Waals surface area contributed by atoms with Crippen LogP contribution in [0.3, 0.4) is 0 Å². The maximum Gasteiger partial charge on any atom is 0.219 e. The Labute approximate surface area is 70.5 Å². The SMILES string of the molecule is CNC(=O)CCCCCBr. The van der Waals surface area contributed by atoms with Crippen molar-refractivity contribution < 1.29 is 4.79 Å². The van der Waals surface area contributed by atoms with Gasteiger partial charge < -0.3 is 5.32 Å². The molecule has 0 aromatic carbocycles. The Kier molecular flexibility index (Phi) is 7.03. The zero-order chi connectivity index (χ0) is 7.82. The summed E-state index contributed by atoms with van der Waals surface area (Å²) < 4.78 is 0. The van der Waals surface area contributed by atoms with Gasteiger partial charge in [0.1, 0.15) is 0 Å². The van der Waals surface area contributed by atoms with Gasteiger partial charge in [0, 0.05) is 18.8 Å². The lowest BCUT2D eigenvalue weighted by Crippen LogP contribution is -2.16.